The van der Waals surface area contributed by atoms with Gasteiger partial charge in [-0.2, -0.15) is 0 Å². The van der Waals surface area contributed by atoms with Crippen molar-refractivity contribution < 1.29 is 14.0 Å². The van der Waals surface area contributed by atoms with Crippen LogP contribution in [0, 0.1) is 11.7 Å². The monoisotopic (exact) mass is 306 g/mol. The summed E-state index contributed by atoms with van der Waals surface area (Å²) in [5.41, 5.74) is 5.06. The second kappa shape index (κ2) is 8.51. The van der Waals surface area contributed by atoms with Crippen LogP contribution in [0.5, 0.6) is 0 Å². The molecule has 0 spiro atoms. The number of rotatable bonds is 5. The van der Waals surface area contributed by atoms with E-state index in [1.54, 1.807) is 0 Å². The van der Waals surface area contributed by atoms with E-state index in [0.29, 0.717) is 12.0 Å². The van der Waals surface area contributed by atoms with Crippen molar-refractivity contribution in [3.63, 3.8) is 0 Å². The third kappa shape index (κ3) is 5.47. The number of amides is 2. The van der Waals surface area contributed by atoms with Crippen molar-refractivity contribution >= 4 is 11.8 Å². The second-order valence-corrected chi connectivity index (χ2v) is 5.91. The van der Waals surface area contributed by atoms with E-state index >= 15 is 0 Å². The van der Waals surface area contributed by atoms with Crippen LogP contribution >= 0.6 is 0 Å². The van der Waals surface area contributed by atoms with E-state index in [4.69, 9.17) is 0 Å². The van der Waals surface area contributed by atoms with Crippen LogP contribution in [0.1, 0.15) is 61.7 Å². The lowest BCUT2D eigenvalue weighted by molar-refractivity contribution is -0.122. The Morgan fingerprint density at radius 2 is 1.73 bits per heavy atom. The van der Waals surface area contributed by atoms with Gasteiger partial charge < -0.3 is 0 Å². The zero-order chi connectivity index (χ0) is 15.8. The van der Waals surface area contributed by atoms with Gasteiger partial charge in [-0.3, -0.25) is 20.4 Å². The number of carbonyl (C=O) groups excluding carboxylic acids is 2. The van der Waals surface area contributed by atoms with Crippen LogP contribution in [-0.2, 0) is 4.79 Å². The van der Waals surface area contributed by atoms with E-state index in [1.165, 1.54) is 56.4 Å². The smallest absolute Gasteiger partial charge is 0.269 e. The molecule has 120 valence electrons. The Labute approximate surface area is 130 Å². The third-order valence-electron chi connectivity index (χ3n) is 4.16. The quantitative estimate of drug-likeness (QED) is 0.820. The molecule has 2 amide bonds. The van der Waals surface area contributed by atoms with Crippen molar-refractivity contribution in [2.24, 2.45) is 5.92 Å². The number of halogens is 1. The first kappa shape index (κ1) is 16.5. The lowest BCUT2D eigenvalue weighted by Crippen LogP contribution is -2.41. The highest BCUT2D eigenvalue weighted by molar-refractivity contribution is 5.95. The fourth-order valence-corrected chi connectivity index (χ4v) is 2.89. The van der Waals surface area contributed by atoms with Crippen LogP contribution in [-0.4, -0.2) is 11.8 Å². The highest BCUT2D eigenvalue weighted by Crippen LogP contribution is 2.27. The highest BCUT2D eigenvalue weighted by Gasteiger charge is 2.14. The number of hydrogen-bond donors (Lipinski definition) is 2. The second-order valence-electron chi connectivity index (χ2n) is 5.91. The summed E-state index contributed by atoms with van der Waals surface area (Å²) in [6.07, 6.45) is 8.87. The molecule has 4 nitrogen and oxygen atoms in total. The molecule has 22 heavy (non-hydrogen) atoms. The summed E-state index contributed by atoms with van der Waals surface area (Å²) in [7, 11) is 0. The van der Waals surface area contributed by atoms with Crippen molar-refractivity contribution in [2.45, 2.75) is 51.4 Å². The molecule has 0 unspecified atom stereocenters. The van der Waals surface area contributed by atoms with Crippen LogP contribution < -0.4 is 10.9 Å². The van der Waals surface area contributed by atoms with Gasteiger partial charge in [0.05, 0.1) is 0 Å². The van der Waals surface area contributed by atoms with Gasteiger partial charge in [0, 0.05) is 12.0 Å². The molecule has 0 radical (unpaired) electrons. The number of hydrazine groups is 1. The van der Waals surface area contributed by atoms with E-state index in [9.17, 15) is 14.0 Å². The molecule has 0 bridgehead atoms. The van der Waals surface area contributed by atoms with Gasteiger partial charge in [-0.1, -0.05) is 32.1 Å². The van der Waals surface area contributed by atoms with Gasteiger partial charge in [-0.25, -0.2) is 4.39 Å². The predicted molar refractivity (Wildman–Crippen MR) is 82.4 cm³/mol. The predicted octanol–water partition coefficient (Wildman–Crippen LogP) is 3.34. The lowest BCUT2D eigenvalue weighted by atomic mass is 9.86. The zero-order valence-corrected chi connectivity index (χ0v) is 12.7. The minimum absolute atomic E-state index is 0.189. The molecule has 0 aromatic heterocycles. The summed E-state index contributed by atoms with van der Waals surface area (Å²) in [5.74, 6) is -0.273. The van der Waals surface area contributed by atoms with E-state index in [2.05, 4.69) is 10.9 Å². The Bertz CT molecular complexity index is 496. The minimum atomic E-state index is -0.444. The molecular weight excluding hydrogens is 283 g/mol. The van der Waals surface area contributed by atoms with Crippen molar-refractivity contribution in [1.82, 2.24) is 10.9 Å². The molecule has 5 heteroatoms. The molecule has 1 aromatic rings. The summed E-state index contributed by atoms with van der Waals surface area (Å²) in [5, 5.41) is 0. The molecule has 0 heterocycles. The lowest BCUT2D eigenvalue weighted by Gasteiger charge is -2.21. The summed E-state index contributed by atoms with van der Waals surface area (Å²) < 4.78 is 12.8. The van der Waals surface area contributed by atoms with Crippen LogP contribution in [0.15, 0.2) is 24.3 Å². The number of carbonyl (C=O) groups is 2. The average Bonchev–Trinajstić information content (AvgIpc) is 2.54. The van der Waals surface area contributed by atoms with Gasteiger partial charge in [0.1, 0.15) is 5.82 Å². The van der Waals surface area contributed by atoms with Crippen molar-refractivity contribution in [2.75, 3.05) is 0 Å². The Balaban J connectivity index is 1.62. The van der Waals surface area contributed by atoms with Crippen LogP contribution in [0.4, 0.5) is 4.39 Å². The first-order valence-corrected chi connectivity index (χ1v) is 8.00. The molecule has 1 aromatic carbocycles. The van der Waals surface area contributed by atoms with E-state index in [-0.39, 0.29) is 5.91 Å². The zero-order valence-electron chi connectivity index (χ0n) is 12.7. The fourth-order valence-electron chi connectivity index (χ4n) is 2.89. The average molecular weight is 306 g/mol. The molecule has 0 saturated heterocycles. The van der Waals surface area contributed by atoms with Crippen molar-refractivity contribution in [3.05, 3.63) is 35.6 Å². The van der Waals surface area contributed by atoms with Gasteiger partial charge >= 0.3 is 0 Å². The maximum atomic E-state index is 12.8. The Kier molecular flexibility index (Phi) is 6.37. The third-order valence-corrected chi connectivity index (χ3v) is 4.16. The molecule has 1 fully saturated rings. The number of benzene rings is 1. The fraction of sp³-hybridized carbons (Fsp3) is 0.529. The highest BCUT2D eigenvalue weighted by atomic mass is 19.1. The molecule has 1 aliphatic carbocycles. The number of nitrogens with one attached hydrogen (secondary N) is 2. The largest absolute Gasteiger partial charge is 0.273 e. The molecule has 1 saturated carbocycles. The molecule has 1 aliphatic rings. The SMILES string of the molecule is O=C(CCCC1CCCCC1)NNC(=O)c1ccc(F)cc1. The van der Waals surface area contributed by atoms with Gasteiger partial charge in [0.15, 0.2) is 0 Å². The minimum Gasteiger partial charge on any atom is -0.273 e. The van der Waals surface area contributed by atoms with Crippen molar-refractivity contribution in [1.29, 1.82) is 0 Å². The molecule has 0 atom stereocenters. The summed E-state index contributed by atoms with van der Waals surface area (Å²) in [6, 6.07) is 5.17. The maximum Gasteiger partial charge on any atom is 0.269 e. The molecule has 2 N–H and O–H groups in total. The van der Waals surface area contributed by atoms with Crippen LogP contribution in [0.2, 0.25) is 0 Å². The van der Waals surface area contributed by atoms with E-state index in [1.807, 2.05) is 0 Å². The summed E-state index contributed by atoms with van der Waals surface area (Å²) in [4.78, 5) is 23.4. The molecular formula is C17H23FN2O2. The Morgan fingerprint density at radius 3 is 2.41 bits per heavy atom. The van der Waals surface area contributed by atoms with Gasteiger partial charge in [0.25, 0.3) is 5.91 Å². The van der Waals surface area contributed by atoms with Crippen LogP contribution in [0.25, 0.3) is 0 Å². The first-order chi connectivity index (χ1) is 10.6. The van der Waals surface area contributed by atoms with E-state index in [0.717, 1.165) is 18.8 Å². The van der Waals surface area contributed by atoms with Gasteiger partial charge in [0.2, 0.25) is 5.91 Å². The number of hydrogen-bond acceptors (Lipinski definition) is 2. The maximum absolute atomic E-state index is 12.8. The molecule has 2 rings (SSSR count). The Morgan fingerprint density at radius 1 is 1.05 bits per heavy atom. The summed E-state index contributed by atoms with van der Waals surface area (Å²) in [6.45, 7) is 0. The summed E-state index contributed by atoms with van der Waals surface area (Å²) >= 11 is 0. The van der Waals surface area contributed by atoms with Gasteiger partial charge in [-0.15, -0.1) is 0 Å². The molecule has 0 aliphatic heterocycles. The van der Waals surface area contributed by atoms with Gasteiger partial charge in [-0.05, 0) is 43.0 Å². The first-order valence-electron chi connectivity index (χ1n) is 8.00. The van der Waals surface area contributed by atoms with E-state index < -0.39 is 11.7 Å². The topological polar surface area (TPSA) is 58.2 Å². The Hall–Kier alpha value is -1.91. The van der Waals surface area contributed by atoms with Crippen molar-refractivity contribution in [3.8, 4) is 0 Å². The standard InChI is InChI=1S/C17H23FN2O2/c18-15-11-9-14(10-12-15)17(22)20-19-16(21)8-4-7-13-5-2-1-3-6-13/h9-13H,1-8H2,(H,19,21)(H,20,22). The van der Waals surface area contributed by atoms with Crippen LogP contribution in [0.3, 0.4) is 0 Å². The normalized spacial score (nSPS) is 15.3.